The minimum Gasteiger partial charge on any atom is -0.313 e. The molecule has 112 valence electrons. The summed E-state index contributed by atoms with van der Waals surface area (Å²) in [4.78, 5) is 4.04. The highest BCUT2D eigenvalue weighted by atomic mass is 15.3. The Bertz CT molecular complexity index is 721. The molecule has 0 amide bonds. The summed E-state index contributed by atoms with van der Waals surface area (Å²) in [5.74, 6) is 1.80. The lowest BCUT2D eigenvalue weighted by atomic mass is 10.1. The van der Waals surface area contributed by atoms with Crippen molar-refractivity contribution in [3.05, 3.63) is 66.2 Å². The van der Waals surface area contributed by atoms with Crippen molar-refractivity contribution in [3.8, 4) is 11.4 Å². The first-order chi connectivity index (χ1) is 10.8. The fraction of sp³-hybridized carbons (Fsp3) is 0.235. The minimum absolute atomic E-state index is 0.236. The minimum atomic E-state index is 0.236. The van der Waals surface area contributed by atoms with Crippen LogP contribution in [0.1, 0.15) is 24.4 Å². The van der Waals surface area contributed by atoms with Crippen molar-refractivity contribution in [2.45, 2.75) is 19.5 Å². The Hall–Kier alpha value is -2.53. The number of benzene rings is 1. The van der Waals surface area contributed by atoms with Gasteiger partial charge in [0.05, 0.1) is 6.54 Å². The van der Waals surface area contributed by atoms with E-state index in [2.05, 4.69) is 27.4 Å². The molecule has 0 radical (unpaired) electrons. The summed E-state index contributed by atoms with van der Waals surface area (Å²) in [5.41, 5.74) is 2.28. The monoisotopic (exact) mass is 293 g/mol. The van der Waals surface area contributed by atoms with Crippen LogP contribution in [0.15, 0.2) is 54.9 Å². The van der Waals surface area contributed by atoms with Crippen LogP contribution in [0.3, 0.4) is 0 Å². The molecule has 0 bridgehead atoms. The topological polar surface area (TPSA) is 55.6 Å². The van der Waals surface area contributed by atoms with Gasteiger partial charge in [0.2, 0.25) is 0 Å². The average molecular weight is 293 g/mol. The molecule has 5 heteroatoms. The van der Waals surface area contributed by atoms with Gasteiger partial charge in [0.25, 0.3) is 0 Å². The van der Waals surface area contributed by atoms with Gasteiger partial charge in [-0.3, -0.25) is 4.98 Å². The van der Waals surface area contributed by atoms with Crippen molar-refractivity contribution < 1.29 is 0 Å². The first-order valence-corrected chi connectivity index (χ1v) is 7.32. The summed E-state index contributed by atoms with van der Waals surface area (Å²) in [6.07, 6.45) is 3.62. The predicted molar refractivity (Wildman–Crippen MR) is 85.9 cm³/mol. The first-order valence-electron chi connectivity index (χ1n) is 7.32. The molecule has 0 aliphatic heterocycles. The van der Waals surface area contributed by atoms with Gasteiger partial charge in [0, 0.05) is 31.0 Å². The fourth-order valence-corrected chi connectivity index (χ4v) is 2.37. The SMILES string of the molecule is C[C@@H](NCc1nnc(-c2ccccc2)n1C)c1ccncc1. The molecule has 2 heterocycles. The largest absolute Gasteiger partial charge is 0.313 e. The number of aromatic nitrogens is 4. The Kier molecular flexibility index (Phi) is 4.25. The van der Waals surface area contributed by atoms with Gasteiger partial charge in [-0.05, 0) is 24.6 Å². The smallest absolute Gasteiger partial charge is 0.163 e. The number of nitrogens with zero attached hydrogens (tertiary/aromatic N) is 4. The zero-order valence-corrected chi connectivity index (χ0v) is 12.8. The highest BCUT2D eigenvalue weighted by Crippen LogP contribution is 2.17. The number of hydrogen-bond donors (Lipinski definition) is 1. The summed E-state index contributed by atoms with van der Waals surface area (Å²) in [7, 11) is 2.00. The number of hydrogen-bond acceptors (Lipinski definition) is 4. The highest BCUT2D eigenvalue weighted by Gasteiger charge is 2.11. The average Bonchev–Trinajstić information content (AvgIpc) is 2.95. The van der Waals surface area contributed by atoms with Crippen molar-refractivity contribution in [2.24, 2.45) is 7.05 Å². The van der Waals surface area contributed by atoms with Gasteiger partial charge in [-0.25, -0.2) is 0 Å². The van der Waals surface area contributed by atoms with Gasteiger partial charge >= 0.3 is 0 Å². The van der Waals surface area contributed by atoms with Gasteiger partial charge in [0.15, 0.2) is 5.82 Å². The molecule has 0 saturated carbocycles. The maximum Gasteiger partial charge on any atom is 0.163 e. The molecule has 3 aromatic rings. The zero-order valence-electron chi connectivity index (χ0n) is 12.8. The molecule has 0 fully saturated rings. The molecular weight excluding hydrogens is 274 g/mol. The number of rotatable bonds is 5. The molecule has 1 aromatic carbocycles. The van der Waals surface area contributed by atoms with E-state index in [1.165, 1.54) is 5.56 Å². The summed E-state index contributed by atoms with van der Waals surface area (Å²) < 4.78 is 2.03. The molecular formula is C17H19N5. The van der Waals surface area contributed by atoms with Gasteiger partial charge in [-0.1, -0.05) is 30.3 Å². The third kappa shape index (κ3) is 3.04. The molecule has 1 N–H and O–H groups in total. The fourth-order valence-electron chi connectivity index (χ4n) is 2.37. The van der Waals surface area contributed by atoms with E-state index in [1.54, 1.807) is 0 Å². The number of nitrogens with one attached hydrogen (secondary N) is 1. The van der Waals surface area contributed by atoms with Crippen LogP contribution in [0, 0.1) is 0 Å². The van der Waals surface area contributed by atoms with Crippen LogP contribution < -0.4 is 5.32 Å². The lowest BCUT2D eigenvalue weighted by Crippen LogP contribution is -2.20. The molecule has 3 rings (SSSR count). The molecule has 2 aromatic heterocycles. The summed E-state index contributed by atoms with van der Waals surface area (Å²) in [6, 6.07) is 14.4. The summed E-state index contributed by atoms with van der Waals surface area (Å²) in [6.45, 7) is 2.80. The van der Waals surface area contributed by atoms with Gasteiger partial charge in [-0.15, -0.1) is 10.2 Å². The van der Waals surface area contributed by atoms with E-state index < -0.39 is 0 Å². The van der Waals surface area contributed by atoms with E-state index in [9.17, 15) is 0 Å². The molecule has 5 nitrogen and oxygen atoms in total. The second-order valence-electron chi connectivity index (χ2n) is 5.25. The van der Waals surface area contributed by atoms with Crippen LogP contribution >= 0.6 is 0 Å². The third-order valence-electron chi connectivity index (χ3n) is 3.77. The molecule has 1 atom stereocenters. The summed E-state index contributed by atoms with van der Waals surface area (Å²) >= 11 is 0. The van der Waals surface area contributed by atoms with Crippen LogP contribution in [0.4, 0.5) is 0 Å². The second kappa shape index (κ2) is 6.49. The van der Waals surface area contributed by atoms with Crippen LogP contribution in [0.5, 0.6) is 0 Å². The van der Waals surface area contributed by atoms with E-state index in [4.69, 9.17) is 0 Å². The van der Waals surface area contributed by atoms with Crippen LogP contribution in [-0.4, -0.2) is 19.7 Å². The Morgan fingerprint density at radius 1 is 1.05 bits per heavy atom. The molecule has 0 saturated heterocycles. The van der Waals surface area contributed by atoms with Gasteiger partial charge in [0.1, 0.15) is 5.82 Å². The van der Waals surface area contributed by atoms with Crippen molar-refractivity contribution in [3.63, 3.8) is 0 Å². The van der Waals surface area contributed by atoms with E-state index in [1.807, 2.05) is 66.5 Å². The van der Waals surface area contributed by atoms with Gasteiger partial charge in [-0.2, -0.15) is 0 Å². The lowest BCUT2D eigenvalue weighted by Gasteiger charge is -2.13. The van der Waals surface area contributed by atoms with Crippen LogP contribution in [0.2, 0.25) is 0 Å². The van der Waals surface area contributed by atoms with E-state index in [-0.39, 0.29) is 6.04 Å². The Morgan fingerprint density at radius 2 is 1.77 bits per heavy atom. The second-order valence-corrected chi connectivity index (χ2v) is 5.25. The maximum absolute atomic E-state index is 4.30. The quantitative estimate of drug-likeness (QED) is 0.786. The number of pyridine rings is 1. The van der Waals surface area contributed by atoms with Crippen molar-refractivity contribution in [2.75, 3.05) is 0 Å². The maximum atomic E-state index is 4.30. The predicted octanol–water partition coefficient (Wildman–Crippen LogP) is 2.73. The first kappa shape index (κ1) is 14.4. The van der Waals surface area contributed by atoms with E-state index in [0.29, 0.717) is 6.54 Å². The van der Waals surface area contributed by atoms with E-state index in [0.717, 1.165) is 17.2 Å². The van der Waals surface area contributed by atoms with Crippen molar-refractivity contribution >= 4 is 0 Å². The van der Waals surface area contributed by atoms with Crippen molar-refractivity contribution in [1.82, 2.24) is 25.1 Å². The third-order valence-corrected chi connectivity index (χ3v) is 3.77. The van der Waals surface area contributed by atoms with E-state index >= 15 is 0 Å². The molecule has 22 heavy (non-hydrogen) atoms. The standard InChI is InChI=1S/C17H19N5/c1-13(14-8-10-18-11-9-14)19-12-16-20-21-17(22(16)2)15-6-4-3-5-7-15/h3-11,13,19H,12H2,1-2H3/t13-/m1/s1. The highest BCUT2D eigenvalue weighted by molar-refractivity contribution is 5.54. The van der Waals surface area contributed by atoms with Crippen molar-refractivity contribution in [1.29, 1.82) is 0 Å². The van der Waals surface area contributed by atoms with Gasteiger partial charge < -0.3 is 9.88 Å². The zero-order chi connectivity index (χ0) is 15.4. The Morgan fingerprint density at radius 3 is 2.50 bits per heavy atom. The Labute approximate surface area is 130 Å². The molecule has 0 aliphatic rings. The molecule has 0 unspecified atom stereocenters. The summed E-state index contributed by atoms with van der Waals surface area (Å²) in [5, 5.41) is 12.1. The normalized spacial score (nSPS) is 12.3. The van der Waals surface area contributed by atoms with Crippen LogP contribution in [-0.2, 0) is 13.6 Å². The Balaban J connectivity index is 1.71. The molecule has 0 spiro atoms. The molecule has 0 aliphatic carbocycles. The lowest BCUT2D eigenvalue weighted by molar-refractivity contribution is 0.548. The van der Waals surface area contributed by atoms with Crippen LogP contribution in [0.25, 0.3) is 11.4 Å².